The van der Waals surface area contributed by atoms with Crippen LogP contribution in [-0.4, -0.2) is 41.0 Å². The Bertz CT molecular complexity index is 497. The molecule has 1 saturated carbocycles. The number of carbonyl (C=O) groups excluding carboxylic acids is 1. The number of piperidine rings is 1. The Hall–Kier alpha value is -1.42. The van der Waals surface area contributed by atoms with Crippen LogP contribution in [0.25, 0.3) is 0 Å². The summed E-state index contributed by atoms with van der Waals surface area (Å²) in [6.07, 6.45) is 15.6. The minimum Gasteiger partial charge on any atom is -0.352 e. The molecule has 1 aromatic rings. The Morgan fingerprint density at radius 2 is 2.00 bits per heavy atom. The predicted octanol–water partition coefficient (Wildman–Crippen LogP) is 3.32. The number of aromatic nitrogens is 1. The number of hydrogen-bond donors (Lipinski definition) is 1. The first-order valence-electron chi connectivity index (χ1n) is 9.73. The molecule has 1 saturated heterocycles. The molecular formula is C20H31N3O. The third-order valence-electron chi connectivity index (χ3n) is 5.52. The van der Waals surface area contributed by atoms with Crippen molar-refractivity contribution in [3.05, 3.63) is 30.1 Å². The van der Waals surface area contributed by atoms with Crippen LogP contribution in [0.4, 0.5) is 0 Å². The molecule has 1 aromatic heterocycles. The van der Waals surface area contributed by atoms with Crippen LogP contribution in [0.3, 0.4) is 0 Å². The molecule has 4 heteroatoms. The Morgan fingerprint density at radius 3 is 2.75 bits per heavy atom. The predicted molar refractivity (Wildman–Crippen MR) is 96.8 cm³/mol. The lowest BCUT2D eigenvalue weighted by atomic mass is 9.99. The van der Waals surface area contributed by atoms with E-state index in [1.165, 1.54) is 51.5 Å². The summed E-state index contributed by atoms with van der Waals surface area (Å²) in [5.74, 6) is 0.187. The van der Waals surface area contributed by atoms with Crippen LogP contribution in [0, 0.1) is 0 Å². The van der Waals surface area contributed by atoms with Crippen molar-refractivity contribution in [2.24, 2.45) is 0 Å². The number of hydrogen-bond acceptors (Lipinski definition) is 3. The smallest absolute Gasteiger partial charge is 0.220 e. The number of nitrogens with one attached hydrogen (secondary N) is 1. The van der Waals surface area contributed by atoms with Gasteiger partial charge in [-0.15, -0.1) is 0 Å². The molecule has 0 radical (unpaired) electrons. The minimum absolute atomic E-state index is 0.187. The second-order valence-electron chi connectivity index (χ2n) is 7.41. The quantitative estimate of drug-likeness (QED) is 0.843. The molecule has 2 heterocycles. The molecule has 3 rings (SSSR count). The van der Waals surface area contributed by atoms with E-state index < -0.39 is 0 Å². The minimum atomic E-state index is 0.187. The largest absolute Gasteiger partial charge is 0.352 e. The van der Waals surface area contributed by atoms with Gasteiger partial charge in [0.25, 0.3) is 0 Å². The fourth-order valence-electron chi connectivity index (χ4n) is 4.18. The molecule has 0 spiro atoms. The zero-order chi connectivity index (χ0) is 16.6. The Kier molecular flexibility index (Phi) is 6.65. The summed E-state index contributed by atoms with van der Waals surface area (Å²) in [6, 6.07) is 5.05. The third-order valence-corrected chi connectivity index (χ3v) is 5.52. The number of nitrogens with zero attached hydrogens (tertiary/aromatic N) is 2. The van der Waals surface area contributed by atoms with Crippen LogP contribution in [0.2, 0.25) is 0 Å². The molecule has 2 aliphatic rings. The highest BCUT2D eigenvalue weighted by atomic mass is 16.1. The van der Waals surface area contributed by atoms with Crippen molar-refractivity contribution in [1.29, 1.82) is 0 Å². The van der Waals surface area contributed by atoms with Gasteiger partial charge in [-0.25, -0.2) is 0 Å². The van der Waals surface area contributed by atoms with Gasteiger partial charge in [0, 0.05) is 37.4 Å². The number of pyridine rings is 1. The first-order chi connectivity index (χ1) is 11.8. The molecule has 0 unspecified atom stereocenters. The SMILES string of the molecule is O=C(CCc1cccnc1)N[C@H]1CCCN(C2CCCCCC2)C1. The van der Waals surface area contributed by atoms with E-state index in [1.54, 1.807) is 6.20 Å². The number of carbonyl (C=O) groups is 1. The van der Waals surface area contributed by atoms with E-state index in [4.69, 9.17) is 0 Å². The van der Waals surface area contributed by atoms with Crippen LogP contribution in [-0.2, 0) is 11.2 Å². The van der Waals surface area contributed by atoms with Crippen LogP contribution < -0.4 is 5.32 Å². The van der Waals surface area contributed by atoms with Crippen LogP contribution in [0.5, 0.6) is 0 Å². The second-order valence-corrected chi connectivity index (χ2v) is 7.41. The average Bonchev–Trinajstić information content (AvgIpc) is 2.91. The molecule has 0 aromatic carbocycles. The summed E-state index contributed by atoms with van der Waals surface area (Å²) in [6.45, 7) is 2.26. The van der Waals surface area contributed by atoms with E-state index >= 15 is 0 Å². The highest BCUT2D eigenvalue weighted by Gasteiger charge is 2.27. The van der Waals surface area contributed by atoms with E-state index in [9.17, 15) is 4.79 Å². The lowest BCUT2D eigenvalue weighted by molar-refractivity contribution is -0.122. The summed E-state index contributed by atoms with van der Waals surface area (Å²) in [4.78, 5) is 19.0. The summed E-state index contributed by atoms with van der Waals surface area (Å²) in [7, 11) is 0. The fraction of sp³-hybridized carbons (Fsp3) is 0.700. The van der Waals surface area contributed by atoms with Crippen molar-refractivity contribution in [2.45, 2.75) is 76.3 Å². The molecule has 1 aliphatic carbocycles. The van der Waals surface area contributed by atoms with Crippen molar-refractivity contribution in [3.63, 3.8) is 0 Å². The summed E-state index contributed by atoms with van der Waals surface area (Å²) in [5.41, 5.74) is 1.14. The lowest BCUT2D eigenvalue weighted by Gasteiger charge is -2.38. The summed E-state index contributed by atoms with van der Waals surface area (Å²) in [5, 5.41) is 3.27. The van der Waals surface area contributed by atoms with Crippen molar-refractivity contribution >= 4 is 5.91 Å². The maximum absolute atomic E-state index is 12.3. The Morgan fingerprint density at radius 1 is 1.17 bits per heavy atom. The maximum atomic E-state index is 12.3. The normalized spacial score (nSPS) is 23.6. The second kappa shape index (κ2) is 9.16. The maximum Gasteiger partial charge on any atom is 0.220 e. The zero-order valence-electron chi connectivity index (χ0n) is 14.8. The zero-order valence-corrected chi connectivity index (χ0v) is 14.8. The van der Waals surface area contributed by atoms with E-state index in [0.29, 0.717) is 12.5 Å². The van der Waals surface area contributed by atoms with Gasteiger partial charge in [-0.1, -0.05) is 31.7 Å². The standard InChI is InChI=1S/C20H31N3O/c24-20(12-11-17-7-5-13-21-15-17)22-18-8-6-14-23(16-18)19-9-3-1-2-4-10-19/h5,7,13,15,18-19H,1-4,6,8-12,14,16H2,(H,22,24)/t18-/m0/s1. The van der Waals surface area contributed by atoms with Crippen molar-refractivity contribution < 1.29 is 4.79 Å². The van der Waals surface area contributed by atoms with Gasteiger partial charge in [0.15, 0.2) is 0 Å². The number of aryl methyl sites for hydroxylation is 1. The molecule has 4 nitrogen and oxygen atoms in total. The Labute approximate surface area is 146 Å². The number of likely N-dealkylation sites (tertiary alicyclic amines) is 1. The van der Waals surface area contributed by atoms with E-state index in [0.717, 1.165) is 31.0 Å². The molecule has 0 bridgehead atoms. The highest BCUT2D eigenvalue weighted by molar-refractivity contribution is 5.76. The Balaban J connectivity index is 1.43. The van der Waals surface area contributed by atoms with Crippen LogP contribution in [0.15, 0.2) is 24.5 Å². The van der Waals surface area contributed by atoms with E-state index in [1.807, 2.05) is 18.3 Å². The molecule has 1 atom stereocenters. The van der Waals surface area contributed by atoms with E-state index in [-0.39, 0.29) is 5.91 Å². The first-order valence-corrected chi connectivity index (χ1v) is 9.73. The summed E-state index contributed by atoms with van der Waals surface area (Å²) < 4.78 is 0. The highest BCUT2D eigenvalue weighted by Crippen LogP contribution is 2.24. The molecular weight excluding hydrogens is 298 g/mol. The van der Waals surface area contributed by atoms with Crippen molar-refractivity contribution in [2.75, 3.05) is 13.1 Å². The van der Waals surface area contributed by atoms with Crippen LogP contribution in [0.1, 0.15) is 63.4 Å². The molecule has 132 valence electrons. The van der Waals surface area contributed by atoms with Gasteiger partial charge in [0.1, 0.15) is 0 Å². The molecule has 1 aliphatic heterocycles. The summed E-state index contributed by atoms with van der Waals surface area (Å²) >= 11 is 0. The lowest BCUT2D eigenvalue weighted by Crippen LogP contribution is -2.50. The monoisotopic (exact) mass is 329 g/mol. The van der Waals surface area contributed by atoms with Gasteiger partial charge < -0.3 is 5.32 Å². The molecule has 1 N–H and O–H groups in total. The third kappa shape index (κ3) is 5.30. The van der Waals surface area contributed by atoms with Crippen LogP contribution >= 0.6 is 0 Å². The molecule has 1 amide bonds. The van der Waals surface area contributed by atoms with Gasteiger partial charge in [-0.05, 0) is 50.3 Å². The van der Waals surface area contributed by atoms with Gasteiger partial charge in [0.2, 0.25) is 5.91 Å². The molecule has 2 fully saturated rings. The number of rotatable bonds is 5. The first kappa shape index (κ1) is 17.4. The average molecular weight is 329 g/mol. The van der Waals surface area contributed by atoms with Gasteiger partial charge in [-0.2, -0.15) is 0 Å². The van der Waals surface area contributed by atoms with Crippen molar-refractivity contribution in [3.8, 4) is 0 Å². The van der Waals surface area contributed by atoms with E-state index in [2.05, 4.69) is 15.2 Å². The van der Waals surface area contributed by atoms with Gasteiger partial charge >= 0.3 is 0 Å². The topological polar surface area (TPSA) is 45.2 Å². The number of amides is 1. The van der Waals surface area contributed by atoms with Gasteiger partial charge in [0.05, 0.1) is 0 Å². The molecule has 24 heavy (non-hydrogen) atoms. The fourth-order valence-corrected chi connectivity index (χ4v) is 4.18. The van der Waals surface area contributed by atoms with Crippen molar-refractivity contribution in [1.82, 2.24) is 15.2 Å². The van der Waals surface area contributed by atoms with Gasteiger partial charge in [-0.3, -0.25) is 14.7 Å².